The van der Waals surface area contributed by atoms with Crippen LogP contribution in [0.3, 0.4) is 0 Å². The number of carbonyl (C=O) groups excluding carboxylic acids is 3. The first kappa shape index (κ1) is 16.4. The monoisotopic (exact) mass is 312 g/mol. The minimum atomic E-state index is -0.591. The van der Waals surface area contributed by atoms with Crippen LogP contribution in [0, 0.1) is 0 Å². The van der Waals surface area contributed by atoms with Gasteiger partial charge in [0.1, 0.15) is 0 Å². The summed E-state index contributed by atoms with van der Waals surface area (Å²) in [5.74, 6) is -1.11. The predicted molar refractivity (Wildman–Crippen MR) is 84.6 cm³/mol. The minimum Gasteiger partial charge on any atom is -0.465 e. The van der Waals surface area contributed by atoms with Crippen LogP contribution in [-0.2, 0) is 9.47 Å². The smallest absolute Gasteiger partial charge is 0.338 e. The molecule has 0 radical (unpaired) electrons. The number of carbonyl (C=O) groups is 3. The molecule has 5 nitrogen and oxygen atoms in total. The quantitative estimate of drug-likeness (QED) is 0.626. The van der Waals surface area contributed by atoms with Crippen LogP contribution in [0.1, 0.15) is 38.0 Å². The van der Waals surface area contributed by atoms with Crippen molar-refractivity contribution in [2.24, 2.45) is 0 Å². The average Bonchev–Trinajstić information content (AvgIpc) is 2.60. The Bertz CT molecular complexity index is 749. The summed E-state index contributed by atoms with van der Waals surface area (Å²) < 4.78 is 9.73. The van der Waals surface area contributed by atoms with Crippen LogP contribution in [0.5, 0.6) is 0 Å². The molecule has 0 aliphatic carbocycles. The van der Waals surface area contributed by atoms with Crippen molar-refractivity contribution in [3.05, 3.63) is 59.2 Å². The molecule has 2 aromatic carbocycles. The van der Waals surface area contributed by atoms with Crippen molar-refractivity contribution in [3.8, 4) is 11.1 Å². The summed E-state index contributed by atoms with van der Waals surface area (Å²) in [5, 5.41) is 0. The fourth-order valence-electron chi connectivity index (χ4n) is 2.24. The zero-order chi connectivity index (χ0) is 16.8. The molecule has 2 aromatic rings. The van der Waals surface area contributed by atoms with Crippen LogP contribution < -0.4 is 0 Å². The lowest BCUT2D eigenvalue weighted by molar-refractivity contribution is 0.0526. The number of hydrogen-bond acceptors (Lipinski definition) is 5. The normalized spacial score (nSPS) is 10.0. The summed E-state index contributed by atoms with van der Waals surface area (Å²) >= 11 is 0. The number of rotatable bonds is 5. The van der Waals surface area contributed by atoms with E-state index in [1.54, 1.807) is 43.3 Å². The van der Waals surface area contributed by atoms with Crippen LogP contribution in [0.4, 0.5) is 0 Å². The Balaban J connectivity index is 2.61. The summed E-state index contributed by atoms with van der Waals surface area (Å²) in [4.78, 5) is 35.1. The topological polar surface area (TPSA) is 69.7 Å². The van der Waals surface area contributed by atoms with Crippen LogP contribution in [0.2, 0.25) is 0 Å². The van der Waals surface area contributed by atoms with E-state index in [4.69, 9.17) is 9.47 Å². The van der Waals surface area contributed by atoms with E-state index in [-0.39, 0.29) is 17.7 Å². The Kier molecular flexibility index (Phi) is 5.25. The molecule has 0 amide bonds. The van der Waals surface area contributed by atoms with E-state index >= 15 is 0 Å². The van der Waals surface area contributed by atoms with Crippen molar-refractivity contribution < 1.29 is 23.9 Å². The molecule has 0 atom stereocenters. The molecular formula is C18H16O5. The van der Waals surface area contributed by atoms with Crippen molar-refractivity contribution in [2.45, 2.75) is 6.92 Å². The lowest BCUT2D eigenvalue weighted by Crippen LogP contribution is -2.09. The number of esters is 2. The molecule has 118 valence electrons. The zero-order valence-electron chi connectivity index (χ0n) is 12.9. The van der Waals surface area contributed by atoms with Crippen molar-refractivity contribution >= 4 is 18.2 Å². The summed E-state index contributed by atoms with van der Waals surface area (Å²) in [5.41, 5.74) is 2.01. The molecule has 23 heavy (non-hydrogen) atoms. The maximum atomic E-state index is 12.1. The number of methoxy groups -OCH3 is 1. The Morgan fingerprint density at radius 2 is 1.78 bits per heavy atom. The van der Waals surface area contributed by atoms with Crippen molar-refractivity contribution in [1.29, 1.82) is 0 Å². The van der Waals surface area contributed by atoms with E-state index in [0.29, 0.717) is 16.7 Å². The highest BCUT2D eigenvalue weighted by Crippen LogP contribution is 2.28. The van der Waals surface area contributed by atoms with Gasteiger partial charge in [-0.05, 0) is 30.2 Å². The molecule has 0 unspecified atom stereocenters. The highest BCUT2D eigenvalue weighted by Gasteiger charge is 2.18. The molecule has 0 aromatic heterocycles. The molecular weight excluding hydrogens is 296 g/mol. The standard InChI is InChI=1S/C18H16O5/c1-3-23-17(20)12-8-9-15(16(10-12)18(21)22-2)14-7-5-4-6-13(14)11-19/h4-11H,3H2,1-2H3. The van der Waals surface area contributed by atoms with Crippen LogP contribution >= 0.6 is 0 Å². The first-order valence-corrected chi connectivity index (χ1v) is 7.06. The van der Waals surface area contributed by atoms with E-state index in [1.165, 1.54) is 13.2 Å². The van der Waals surface area contributed by atoms with Crippen molar-refractivity contribution in [1.82, 2.24) is 0 Å². The van der Waals surface area contributed by atoms with E-state index in [9.17, 15) is 14.4 Å². The second kappa shape index (κ2) is 7.35. The van der Waals surface area contributed by atoms with Gasteiger partial charge in [0.2, 0.25) is 0 Å². The summed E-state index contributed by atoms with van der Waals surface area (Å²) in [6.07, 6.45) is 0.718. The number of aldehydes is 1. The Labute approximate surface area is 133 Å². The van der Waals surface area contributed by atoms with Gasteiger partial charge >= 0.3 is 11.9 Å². The minimum absolute atomic E-state index is 0.201. The summed E-state index contributed by atoms with van der Waals surface area (Å²) in [7, 11) is 1.26. The van der Waals surface area contributed by atoms with E-state index in [0.717, 1.165) is 6.29 Å². The maximum absolute atomic E-state index is 12.1. The Morgan fingerprint density at radius 1 is 1.04 bits per heavy atom. The number of ether oxygens (including phenoxy) is 2. The molecule has 0 fully saturated rings. The molecule has 2 rings (SSSR count). The second-order valence-corrected chi connectivity index (χ2v) is 4.68. The fraction of sp³-hybridized carbons (Fsp3) is 0.167. The van der Waals surface area contributed by atoms with Gasteiger partial charge in [0, 0.05) is 5.56 Å². The molecule has 5 heteroatoms. The van der Waals surface area contributed by atoms with E-state index < -0.39 is 11.9 Å². The molecule has 0 saturated heterocycles. The molecule has 0 aliphatic heterocycles. The van der Waals surface area contributed by atoms with Gasteiger partial charge < -0.3 is 9.47 Å². The highest BCUT2D eigenvalue weighted by atomic mass is 16.5. The molecule has 0 spiro atoms. The van der Waals surface area contributed by atoms with Gasteiger partial charge in [-0.3, -0.25) is 4.79 Å². The average molecular weight is 312 g/mol. The summed E-state index contributed by atoms with van der Waals surface area (Å²) in [6, 6.07) is 11.5. The first-order chi connectivity index (χ1) is 11.1. The van der Waals surface area contributed by atoms with Gasteiger partial charge in [-0.1, -0.05) is 30.3 Å². The predicted octanol–water partition coefficient (Wildman–Crippen LogP) is 3.13. The molecule has 0 aliphatic rings. The molecule has 0 heterocycles. The molecule has 0 N–H and O–H groups in total. The lowest BCUT2D eigenvalue weighted by Gasteiger charge is -2.12. The van der Waals surface area contributed by atoms with Gasteiger partial charge in [-0.2, -0.15) is 0 Å². The fourth-order valence-corrected chi connectivity index (χ4v) is 2.24. The van der Waals surface area contributed by atoms with Crippen molar-refractivity contribution in [3.63, 3.8) is 0 Å². The van der Waals surface area contributed by atoms with Gasteiger partial charge in [0.05, 0.1) is 24.8 Å². The highest BCUT2D eigenvalue weighted by molar-refractivity contribution is 6.02. The van der Waals surface area contributed by atoms with E-state index in [1.807, 2.05) is 0 Å². The lowest BCUT2D eigenvalue weighted by atomic mass is 9.94. The second-order valence-electron chi connectivity index (χ2n) is 4.68. The van der Waals surface area contributed by atoms with Gasteiger partial charge in [0.15, 0.2) is 6.29 Å². The van der Waals surface area contributed by atoms with Gasteiger partial charge in [-0.25, -0.2) is 9.59 Å². The van der Waals surface area contributed by atoms with Crippen molar-refractivity contribution in [2.75, 3.05) is 13.7 Å². The third-order valence-electron chi connectivity index (χ3n) is 3.31. The van der Waals surface area contributed by atoms with E-state index in [2.05, 4.69) is 0 Å². The Hall–Kier alpha value is -2.95. The number of benzene rings is 2. The van der Waals surface area contributed by atoms with Gasteiger partial charge in [0.25, 0.3) is 0 Å². The van der Waals surface area contributed by atoms with Crippen LogP contribution in [0.15, 0.2) is 42.5 Å². The SMILES string of the molecule is CCOC(=O)c1ccc(-c2ccccc2C=O)c(C(=O)OC)c1. The van der Waals surface area contributed by atoms with Crippen LogP contribution in [-0.4, -0.2) is 31.9 Å². The third kappa shape index (κ3) is 3.45. The molecule has 0 bridgehead atoms. The van der Waals surface area contributed by atoms with Crippen LogP contribution in [0.25, 0.3) is 11.1 Å². The Morgan fingerprint density at radius 3 is 2.43 bits per heavy atom. The largest absolute Gasteiger partial charge is 0.465 e. The maximum Gasteiger partial charge on any atom is 0.338 e. The first-order valence-electron chi connectivity index (χ1n) is 7.06. The zero-order valence-corrected chi connectivity index (χ0v) is 12.9. The molecule has 0 saturated carbocycles. The summed E-state index contributed by atoms with van der Waals surface area (Å²) in [6.45, 7) is 1.94. The third-order valence-corrected chi connectivity index (χ3v) is 3.31. The number of hydrogen-bond donors (Lipinski definition) is 0. The van der Waals surface area contributed by atoms with Gasteiger partial charge in [-0.15, -0.1) is 0 Å².